The summed E-state index contributed by atoms with van der Waals surface area (Å²) in [7, 11) is 0. The number of aromatic hydroxyl groups is 2. The Hall–Kier alpha value is -2.30. The van der Waals surface area contributed by atoms with Crippen LogP contribution < -0.4 is 0 Å². The number of ketones is 1. The lowest BCUT2D eigenvalue weighted by Crippen LogP contribution is -2.28. The first-order valence-corrected chi connectivity index (χ1v) is 7.44. The first kappa shape index (κ1) is 13.4. The van der Waals surface area contributed by atoms with Crippen molar-refractivity contribution in [1.82, 2.24) is 4.57 Å². The normalized spacial score (nSPS) is 22.9. The second-order valence-corrected chi connectivity index (χ2v) is 6.24. The Morgan fingerprint density at radius 1 is 1.18 bits per heavy atom. The zero-order chi connectivity index (χ0) is 15.6. The van der Waals surface area contributed by atoms with Gasteiger partial charge in [-0.3, -0.25) is 9.36 Å². The van der Waals surface area contributed by atoms with Gasteiger partial charge in [0.2, 0.25) is 11.8 Å². The third-order valence-corrected chi connectivity index (χ3v) is 5.01. The molecule has 114 valence electrons. The zero-order valence-corrected chi connectivity index (χ0v) is 12.1. The van der Waals surface area contributed by atoms with Crippen molar-refractivity contribution in [3.8, 4) is 17.4 Å². The number of carbonyl (C=O) groups excluding carboxylic acids is 1. The number of halogens is 1. The smallest absolute Gasteiger partial charge is 0.202 e. The van der Waals surface area contributed by atoms with Gasteiger partial charge in [0.25, 0.3) is 0 Å². The second kappa shape index (κ2) is 4.35. The molecule has 0 saturated heterocycles. The van der Waals surface area contributed by atoms with E-state index in [2.05, 4.69) is 0 Å². The van der Waals surface area contributed by atoms with Gasteiger partial charge in [-0.25, -0.2) is 4.39 Å². The van der Waals surface area contributed by atoms with E-state index in [1.807, 2.05) is 0 Å². The summed E-state index contributed by atoms with van der Waals surface area (Å²) in [5.41, 5.74) is 2.05. The molecule has 1 heterocycles. The van der Waals surface area contributed by atoms with E-state index in [1.54, 1.807) is 19.1 Å². The number of hydrogen-bond acceptors (Lipinski definition) is 3. The molecule has 4 nitrogen and oxygen atoms in total. The standard InChI is InChI=1S/C17H16FNO3/c1-8-2-4-10(7-12(8)18)19-16(21)14-9-3-5-11(13(20)6-9)15(14)17(19)22/h2,4,7,9,11,21-22H,3,5-6H2,1H3. The highest BCUT2D eigenvalue weighted by Gasteiger charge is 2.45. The molecule has 2 N–H and O–H groups in total. The van der Waals surface area contributed by atoms with Gasteiger partial charge in [0.15, 0.2) is 0 Å². The number of Topliss-reactive ketones (excluding diaryl/α,β-unsaturated/α-hetero) is 1. The lowest BCUT2D eigenvalue weighted by atomic mass is 9.67. The molecule has 3 aliphatic rings. The van der Waals surface area contributed by atoms with Crippen LogP contribution in [-0.2, 0) is 4.79 Å². The number of hydrogen-bond donors (Lipinski definition) is 2. The quantitative estimate of drug-likeness (QED) is 0.849. The van der Waals surface area contributed by atoms with Crippen molar-refractivity contribution in [1.29, 1.82) is 0 Å². The third kappa shape index (κ3) is 1.59. The summed E-state index contributed by atoms with van der Waals surface area (Å²) in [6.07, 6.45) is 1.95. The Kier molecular flexibility index (Phi) is 2.64. The highest BCUT2D eigenvalue weighted by Crippen LogP contribution is 2.55. The van der Waals surface area contributed by atoms with Crippen LogP contribution in [0.15, 0.2) is 18.2 Å². The predicted molar refractivity (Wildman–Crippen MR) is 78.1 cm³/mol. The minimum atomic E-state index is -0.401. The van der Waals surface area contributed by atoms with Gasteiger partial charge >= 0.3 is 0 Å². The molecule has 0 aliphatic heterocycles. The van der Waals surface area contributed by atoms with Gasteiger partial charge in [0, 0.05) is 23.5 Å². The molecule has 1 saturated carbocycles. The van der Waals surface area contributed by atoms with Crippen molar-refractivity contribution >= 4 is 5.78 Å². The Morgan fingerprint density at radius 3 is 2.59 bits per heavy atom. The van der Waals surface area contributed by atoms with Crippen molar-refractivity contribution in [3.63, 3.8) is 0 Å². The summed E-state index contributed by atoms with van der Waals surface area (Å²) in [5.74, 6) is -0.887. The van der Waals surface area contributed by atoms with Crippen LogP contribution in [0.2, 0.25) is 0 Å². The number of nitrogens with zero attached hydrogens (tertiary/aromatic N) is 1. The van der Waals surface area contributed by atoms with Crippen LogP contribution in [0.5, 0.6) is 11.8 Å². The highest BCUT2D eigenvalue weighted by atomic mass is 19.1. The molecule has 2 atom stereocenters. The largest absolute Gasteiger partial charge is 0.494 e. The first-order chi connectivity index (χ1) is 10.5. The van der Waals surface area contributed by atoms with Gasteiger partial charge in [-0.15, -0.1) is 0 Å². The molecule has 5 rings (SSSR count). The lowest BCUT2D eigenvalue weighted by Gasteiger charge is -2.34. The van der Waals surface area contributed by atoms with E-state index >= 15 is 0 Å². The summed E-state index contributed by atoms with van der Waals surface area (Å²) < 4.78 is 15.1. The molecule has 22 heavy (non-hydrogen) atoms. The zero-order valence-electron chi connectivity index (χ0n) is 12.1. The first-order valence-electron chi connectivity index (χ1n) is 7.44. The van der Waals surface area contributed by atoms with Crippen LogP contribution in [-0.4, -0.2) is 20.6 Å². The molecule has 0 amide bonds. The van der Waals surface area contributed by atoms with E-state index in [4.69, 9.17) is 0 Å². The maximum Gasteiger partial charge on any atom is 0.202 e. The number of benzene rings is 1. The van der Waals surface area contributed by atoms with Crippen molar-refractivity contribution in [2.24, 2.45) is 0 Å². The Bertz CT molecular complexity index is 809. The molecule has 1 aromatic carbocycles. The van der Waals surface area contributed by atoms with Crippen molar-refractivity contribution < 1.29 is 19.4 Å². The predicted octanol–water partition coefficient (Wildman–Crippen LogP) is 3.27. The third-order valence-electron chi connectivity index (χ3n) is 5.01. The number of carbonyl (C=O) groups is 1. The van der Waals surface area contributed by atoms with Gasteiger partial charge in [-0.2, -0.15) is 0 Å². The maximum absolute atomic E-state index is 13.8. The summed E-state index contributed by atoms with van der Waals surface area (Å²) >= 11 is 0. The van der Waals surface area contributed by atoms with Crippen molar-refractivity contribution in [2.45, 2.75) is 38.0 Å². The molecule has 5 heteroatoms. The van der Waals surface area contributed by atoms with E-state index < -0.39 is 5.82 Å². The van der Waals surface area contributed by atoms with Crippen LogP contribution in [0.3, 0.4) is 0 Å². The Balaban J connectivity index is 1.96. The van der Waals surface area contributed by atoms with Crippen LogP contribution in [0, 0.1) is 12.7 Å². The Morgan fingerprint density at radius 2 is 1.91 bits per heavy atom. The lowest BCUT2D eigenvalue weighted by molar-refractivity contribution is -0.123. The minimum Gasteiger partial charge on any atom is -0.494 e. The van der Waals surface area contributed by atoms with Gasteiger partial charge in [0.1, 0.15) is 11.6 Å². The fourth-order valence-corrected chi connectivity index (χ4v) is 3.86. The van der Waals surface area contributed by atoms with E-state index in [0.717, 1.165) is 6.42 Å². The van der Waals surface area contributed by atoms with Crippen LogP contribution in [0.25, 0.3) is 5.69 Å². The topological polar surface area (TPSA) is 62.5 Å². The Labute approximate surface area is 126 Å². The van der Waals surface area contributed by atoms with Gasteiger partial charge in [-0.1, -0.05) is 6.07 Å². The molecule has 0 spiro atoms. The van der Waals surface area contributed by atoms with E-state index in [9.17, 15) is 19.4 Å². The van der Waals surface area contributed by atoms with Gasteiger partial charge in [-0.05, 0) is 43.4 Å². The fraction of sp³-hybridized carbons (Fsp3) is 0.353. The van der Waals surface area contributed by atoms with Gasteiger partial charge in [0.05, 0.1) is 5.69 Å². The monoisotopic (exact) mass is 301 g/mol. The number of aromatic nitrogens is 1. The molecule has 2 bridgehead atoms. The van der Waals surface area contributed by atoms with Crippen LogP contribution >= 0.6 is 0 Å². The minimum absolute atomic E-state index is 0.0463. The van der Waals surface area contributed by atoms with E-state index in [-0.39, 0.29) is 29.4 Å². The molecule has 2 unspecified atom stereocenters. The van der Waals surface area contributed by atoms with Crippen molar-refractivity contribution in [2.75, 3.05) is 0 Å². The number of rotatable bonds is 1. The summed E-state index contributed by atoms with van der Waals surface area (Å²) in [5, 5.41) is 21.1. The molecular weight excluding hydrogens is 285 g/mol. The molecular formula is C17H16FNO3. The van der Waals surface area contributed by atoms with E-state index in [1.165, 1.54) is 10.6 Å². The SMILES string of the molecule is Cc1ccc(-n2c(O)c3c(c2O)C2CCC3CC2=O)cc1F. The summed E-state index contributed by atoms with van der Waals surface area (Å²) in [4.78, 5) is 12.1. The van der Waals surface area contributed by atoms with Crippen LogP contribution in [0.1, 0.15) is 47.8 Å². The van der Waals surface area contributed by atoms with Crippen LogP contribution in [0.4, 0.5) is 4.39 Å². The van der Waals surface area contributed by atoms with E-state index in [0.29, 0.717) is 35.2 Å². The summed E-state index contributed by atoms with van der Waals surface area (Å²) in [6.45, 7) is 1.65. The molecule has 1 fully saturated rings. The number of aryl methyl sites for hydroxylation is 1. The maximum atomic E-state index is 13.8. The molecule has 0 radical (unpaired) electrons. The van der Waals surface area contributed by atoms with Crippen molar-refractivity contribution in [3.05, 3.63) is 40.7 Å². The highest BCUT2D eigenvalue weighted by molar-refractivity contribution is 5.91. The molecule has 1 aromatic heterocycles. The number of fused-ring (bicyclic) bond motifs is 2. The summed E-state index contributed by atoms with van der Waals surface area (Å²) in [6, 6.07) is 4.53. The van der Waals surface area contributed by atoms with Gasteiger partial charge < -0.3 is 10.2 Å². The molecule has 2 aromatic rings. The molecule has 3 aliphatic carbocycles. The fourth-order valence-electron chi connectivity index (χ4n) is 3.86. The second-order valence-electron chi connectivity index (χ2n) is 6.24. The average molecular weight is 301 g/mol. The average Bonchev–Trinajstić information content (AvgIpc) is 2.76.